The molecule has 0 bridgehead atoms. The van der Waals surface area contributed by atoms with E-state index in [2.05, 4.69) is 36.1 Å². The summed E-state index contributed by atoms with van der Waals surface area (Å²) in [7, 11) is 0. The molecule has 2 heterocycles. The lowest BCUT2D eigenvalue weighted by Crippen LogP contribution is -2.32. The third kappa shape index (κ3) is 5.28. The molecule has 1 fully saturated rings. The van der Waals surface area contributed by atoms with Crippen molar-refractivity contribution in [3.05, 3.63) is 22.3 Å². The smallest absolute Gasteiger partial charge is 0.229 e. The predicted molar refractivity (Wildman–Crippen MR) is 111 cm³/mol. The summed E-state index contributed by atoms with van der Waals surface area (Å²) in [5.41, 5.74) is 6.05. The highest BCUT2D eigenvalue weighted by atomic mass is 32.2. The molecule has 3 N–H and O–H groups in total. The summed E-state index contributed by atoms with van der Waals surface area (Å²) in [6.07, 6.45) is 7.43. The quantitative estimate of drug-likeness (QED) is 0.702. The van der Waals surface area contributed by atoms with Gasteiger partial charge in [-0.05, 0) is 31.1 Å². The molecule has 1 amide bonds. The Labute approximate surface area is 167 Å². The van der Waals surface area contributed by atoms with Gasteiger partial charge in [0, 0.05) is 23.0 Å². The summed E-state index contributed by atoms with van der Waals surface area (Å²) < 4.78 is 1.10. The maximum absolute atomic E-state index is 12.4. The third-order valence-corrected chi connectivity index (χ3v) is 8.21. The Hall–Kier alpha value is -0.960. The van der Waals surface area contributed by atoms with E-state index in [4.69, 9.17) is 5.73 Å². The minimum atomic E-state index is 0.0703. The van der Waals surface area contributed by atoms with Crippen molar-refractivity contribution < 1.29 is 4.79 Å². The van der Waals surface area contributed by atoms with Crippen molar-refractivity contribution in [1.29, 1.82) is 0 Å². The van der Waals surface area contributed by atoms with E-state index in [0.29, 0.717) is 5.13 Å². The number of aromatic nitrogens is 2. The number of carbonyl (C=O) groups is 1. The van der Waals surface area contributed by atoms with Crippen molar-refractivity contribution in [3.63, 3.8) is 0 Å². The zero-order valence-electron chi connectivity index (χ0n) is 15.4. The van der Waals surface area contributed by atoms with E-state index < -0.39 is 0 Å². The minimum Gasteiger partial charge on any atom is -0.328 e. The van der Waals surface area contributed by atoms with Gasteiger partial charge >= 0.3 is 0 Å². The molecule has 8 heteroatoms. The first-order valence-corrected chi connectivity index (χ1v) is 11.5. The van der Waals surface area contributed by atoms with E-state index in [1.807, 2.05) is 12.4 Å². The molecular weight excluding hydrogens is 384 g/mol. The number of nitrogens with two attached hydrogens (primary N) is 1. The maximum Gasteiger partial charge on any atom is 0.229 e. The lowest BCUT2D eigenvalue weighted by molar-refractivity contribution is -0.120. The molecule has 0 unspecified atom stereocenters. The number of thioether (sulfide) groups is 1. The van der Waals surface area contributed by atoms with Gasteiger partial charge in [-0.3, -0.25) is 4.79 Å². The van der Waals surface area contributed by atoms with E-state index in [1.54, 1.807) is 23.1 Å². The Kier molecular flexibility index (Phi) is 6.37. The van der Waals surface area contributed by atoms with E-state index in [0.717, 1.165) is 40.7 Å². The van der Waals surface area contributed by atoms with Crippen molar-refractivity contribution in [2.45, 2.75) is 67.9 Å². The van der Waals surface area contributed by atoms with Gasteiger partial charge in [0.25, 0.3) is 0 Å². The lowest BCUT2D eigenvalue weighted by Gasteiger charge is -2.24. The first kappa shape index (κ1) is 19.8. The normalized spacial score (nSPS) is 20.9. The molecule has 1 aliphatic rings. The van der Waals surface area contributed by atoms with E-state index in [9.17, 15) is 4.79 Å². The number of amides is 1. The standard InChI is InChI=1S/C18H26N4OS3/c1-18(2,3)13-8-20-14(25-13)10-24-15-9-21-17(26-15)22-16(23)11-4-6-12(19)7-5-11/h8-9,11-12H,4-7,10,19H2,1-3H3,(H,21,22,23). The van der Waals surface area contributed by atoms with Gasteiger partial charge in [0.2, 0.25) is 5.91 Å². The van der Waals surface area contributed by atoms with Crippen LogP contribution >= 0.6 is 34.4 Å². The van der Waals surface area contributed by atoms with Crippen LogP contribution in [0.4, 0.5) is 5.13 Å². The van der Waals surface area contributed by atoms with Gasteiger partial charge in [0.05, 0.1) is 16.2 Å². The summed E-state index contributed by atoms with van der Waals surface area (Å²) in [5, 5.41) is 4.78. The van der Waals surface area contributed by atoms with Crippen LogP contribution in [0.5, 0.6) is 0 Å². The van der Waals surface area contributed by atoms with Crippen LogP contribution in [0, 0.1) is 5.92 Å². The number of anilines is 1. The van der Waals surface area contributed by atoms with Gasteiger partial charge in [0.15, 0.2) is 5.13 Å². The van der Waals surface area contributed by atoms with Crippen molar-refractivity contribution in [2.24, 2.45) is 11.7 Å². The van der Waals surface area contributed by atoms with Gasteiger partial charge in [-0.2, -0.15) is 0 Å². The number of carbonyl (C=O) groups excluding carboxylic acids is 1. The maximum atomic E-state index is 12.4. The lowest BCUT2D eigenvalue weighted by atomic mass is 9.86. The molecule has 5 nitrogen and oxygen atoms in total. The largest absolute Gasteiger partial charge is 0.328 e. The average molecular weight is 411 g/mol. The van der Waals surface area contributed by atoms with Crippen molar-refractivity contribution in [3.8, 4) is 0 Å². The molecule has 1 saturated carbocycles. The molecule has 0 saturated heterocycles. The van der Waals surface area contributed by atoms with Gasteiger partial charge in [-0.25, -0.2) is 9.97 Å². The highest BCUT2D eigenvalue weighted by Gasteiger charge is 2.25. The van der Waals surface area contributed by atoms with Crippen molar-refractivity contribution in [2.75, 3.05) is 5.32 Å². The molecule has 0 radical (unpaired) electrons. The Morgan fingerprint density at radius 3 is 2.62 bits per heavy atom. The highest BCUT2D eigenvalue weighted by molar-refractivity contribution is 8.00. The number of thiazole rings is 2. The molecular formula is C18H26N4OS3. The van der Waals surface area contributed by atoms with Crippen LogP contribution in [0.25, 0.3) is 0 Å². The van der Waals surface area contributed by atoms with E-state index in [1.165, 1.54) is 16.2 Å². The first-order chi connectivity index (χ1) is 12.3. The monoisotopic (exact) mass is 410 g/mol. The Balaban J connectivity index is 1.50. The second kappa shape index (κ2) is 8.37. The Morgan fingerprint density at radius 2 is 1.96 bits per heavy atom. The highest BCUT2D eigenvalue weighted by Crippen LogP contribution is 2.34. The second-order valence-electron chi connectivity index (χ2n) is 7.74. The summed E-state index contributed by atoms with van der Waals surface area (Å²) in [5.74, 6) is 0.982. The van der Waals surface area contributed by atoms with Crippen LogP contribution in [-0.4, -0.2) is 21.9 Å². The Morgan fingerprint density at radius 1 is 1.23 bits per heavy atom. The van der Waals surface area contributed by atoms with Crippen LogP contribution < -0.4 is 11.1 Å². The molecule has 0 atom stereocenters. The predicted octanol–water partition coefficient (Wildman–Crippen LogP) is 4.65. The summed E-state index contributed by atoms with van der Waals surface area (Å²) in [6, 6.07) is 0.256. The zero-order chi connectivity index (χ0) is 18.7. The zero-order valence-corrected chi connectivity index (χ0v) is 17.9. The van der Waals surface area contributed by atoms with Gasteiger partial charge in [-0.1, -0.05) is 32.1 Å². The van der Waals surface area contributed by atoms with E-state index in [-0.39, 0.29) is 23.3 Å². The van der Waals surface area contributed by atoms with Gasteiger partial charge in [0.1, 0.15) is 5.01 Å². The molecule has 0 aromatic carbocycles. The number of hydrogen-bond donors (Lipinski definition) is 2. The SMILES string of the molecule is CC(C)(C)c1cnc(CSc2cnc(NC(=O)C3CCC(N)CC3)s2)s1. The number of nitrogens with zero attached hydrogens (tertiary/aromatic N) is 2. The fourth-order valence-corrected chi connectivity index (χ4v) is 5.68. The molecule has 2 aromatic heterocycles. The molecule has 2 aromatic rings. The van der Waals surface area contributed by atoms with Crippen LogP contribution in [0.3, 0.4) is 0 Å². The molecule has 1 aliphatic carbocycles. The summed E-state index contributed by atoms with van der Waals surface area (Å²) in [4.78, 5) is 22.5. The minimum absolute atomic E-state index is 0.0703. The summed E-state index contributed by atoms with van der Waals surface area (Å²) in [6.45, 7) is 6.61. The summed E-state index contributed by atoms with van der Waals surface area (Å²) >= 11 is 5.01. The van der Waals surface area contributed by atoms with Crippen LogP contribution in [0.2, 0.25) is 0 Å². The molecule has 0 aliphatic heterocycles. The van der Waals surface area contributed by atoms with Crippen molar-refractivity contribution >= 4 is 45.5 Å². The molecule has 142 valence electrons. The second-order valence-corrected chi connectivity index (χ2v) is 11.2. The van der Waals surface area contributed by atoms with Gasteiger partial charge in [-0.15, -0.1) is 23.1 Å². The molecule has 26 heavy (non-hydrogen) atoms. The molecule has 3 rings (SSSR count). The number of hydrogen-bond acceptors (Lipinski definition) is 7. The Bertz CT molecular complexity index is 742. The molecule has 0 spiro atoms. The average Bonchev–Trinajstić information content (AvgIpc) is 3.22. The van der Waals surface area contributed by atoms with E-state index >= 15 is 0 Å². The number of rotatable bonds is 5. The topological polar surface area (TPSA) is 80.9 Å². The third-order valence-electron chi connectivity index (χ3n) is 4.49. The van der Waals surface area contributed by atoms with Crippen LogP contribution in [0.1, 0.15) is 56.3 Å². The van der Waals surface area contributed by atoms with Crippen molar-refractivity contribution in [1.82, 2.24) is 9.97 Å². The number of nitrogens with one attached hydrogen (secondary N) is 1. The fraction of sp³-hybridized carbons (Fsp3) is 0.611. The first-order valence-electron chi connectivity index (χ1n) is 8.91. The fourth-order valence-electron chi connectivity index (χ4n) is 2.83. The van der Waals surface area contributed by atoms with Crippen LogP contribution in [-0.2, 0) is 16.0 Å². The van der Waals surface area contributed by atoms with Crippen LogP contribution in [0.15, 0.2) is 16.6 Å². The van der Waals surface area contributed by atoms with Gasteiger partial charge < -0.3 is 11.1 Å².